The number of hydrogen-bond acceptors (Lipinski definition) is 0. The number of rotatable bonds is 2. The molecule has 1 heterocycles. The summed E-state index contributed by atoms with van der Waals surface area (Å²) in [6.45, 7) is 5.58. The van der Waals surface area contributed by atoms with E-state index in [9.17, 15) is 0 Å². The highest BCUT2D eigenvalue weighted by Gasteiger charge is 2.25. The Bertz CT molecular complexity index is 539. The number of hydrogen-bond donors (Lipinski definition) is 2. The van der Waals surface area contributed by atoms with Gasteiger partial charge in [0.15, 0.2) is 0 Å². The summed E-state index contributed by atoms with van der Waals surface area (Å²) in [5.74, 6) is 0. The van der Waals surface area contributed by atoms with Gasteiger partial charge >= 0.3 is 0 Å². The molecule has 3 N–H and O–H groups in total. The fourth-order valence-corrected chi connectivity index (χ4v) is 3.13. The summed E-state index contributed by atoms with van der Waals surface area (Å²) in [6.07, 6.45) is 3.88. The SMILES string of the molecule is CC[NH2+]C1CCCc2c1[nH]c1ccc(C)cc21. The summed E-state index contributed by atoms with van der Waals surface area (Å²) in [7, 11) is 0. The lowest BCUT2D eigenvalue weighted by atomic mass is 9.91. The Morgan fingerprint density at radius 2 is 2.29 bits per heavy atom. The number of H-pyrrole nitrogens is 1. The maximum atomic E-state index is 3.65. The van der Waals surface area contributed by atoms with Gasteiger partial charge in [-0.15, -0.1) is 0 Å². The van der Waals surface area contributed by atoms with Crippen LogP contribution < -0.4 is 5.32 Å². The minimum Gasteiger partial charge on any atom is -0.353 e. The van der Waals surface area contributed by atoms with Gasteiger partial charge in [-0.1, -0.05) is 11.6 Å². The molecule has 0 radical (unpaired) electrons. The Kier molecular flexibility index (Phi) is 2.67. The molecule has 2 heteroatoms. The standard InChI is InChI=1S/C15H20N2/c1-3-16-14-6-4-5-11-12-9-10(2)7-8-13(12)17-15(11)14/h7-9,14,16-17H,3-6H2,1-2H3/p+1. The smallest absolute Gasteiger partial charge is 0.127 e. The number of nitrogens with two attached hydrogens (primary N) is 1. The van der Waals surface area contributed by atoms with Crippen LogP contribution in [-0.2, 0) is 6.42 Å². The quantitative estimate of drug-likeness (QED) is 0.793. The maximum absolute atomic E-state index is 3.65. The molecule has 0 saturated heterocycles. The number of aromatic amines is 1. The first kappa shape index (κ1) is 10.8. The van der Waals surface area contributed by atoms with Crippen LogP contribution in [0.3, 0.4) is 0 Å². The third kappa shape index (κ3) is 1.77. The normalized spacial score (nSPS) is 19.5. The number of aryl methyl sites for hydroxylation is 2. The summed E-state index contributed by atoms with van der Waals surface area (Å²) in [6, 6.07) is 7.41. The fourth-order valence-electron chi connectivity index (χ4n) is 3.13. The van der Waals surface area contributed by atoms with Crippen molar-refractivity contribution in [2.45, 2.75) is 39.2 Å². The second-order valence-electron chi connectivity index (χ2n) is 5.21. The molecule has 0 bridgehead atoms. The summed E-state index contributed by atoms with van der Waals surface area (Å²) in [4.78, 5) is 3.65. The van der Waals surface area contributed by atoms with Crippen molar-refractivity contribution in [1.82, 2.24) is 4.98 Å². The molecule has 0 saturated carbocycles. The molecule has 1 aromatic heterocycles. The zero-order valence-corrected chi connectivity index (χ0v) is 10.7. The van der Waals surface area contributed by atoms with Crippen molar-refractivity contribution in [3.63, 3.8) is 0 Å². The third-order valence-corrected chi connectivity index (χ3v) is 3.93. The van der Waals surface area contributed by atoms with Crippen molar-refractivity contribution in [1.29, 1.82) is 0 Å². The monoisotopic (exact) mass is 229 g/mol. The minimum atomic E-state index is 0.649. The van der Waals surface area contributed by atoms with E-state index in [1.54, 1.807) is 5.56 Å². The zero-order chi connectivity index (χ0) is 11.8. The van der Waals surface area contributed by atoms with Crippen molar-refractivity contribution in [2.75, 3.05) is 6.54 Å². The first-order valence-electron chi connectivity index (χ1n) is 6.74. The fraction of sp³-hybridized carbons (Fsp3) is 0.467. The van der Waals surface area contributed by atoms with E-state index in [0.717, 1.165) is 0 Å². The summed E-state index contributed by atoms with van der Waals surface area (Å²) in [5, 5.41) is 3.91. The lowest BCUT2D eigenvalue weighted by Crippen LogP contribution is -2.85. The Morgan fingerprint density at radius 3 is 3.12 bits per heavy atom. The Balaban J connectivity index is 2.15. The molecule has 1 aliphatic carbocycles. The summed E-state index contributed by atoms with van der Waals surface area (Å²) < 4.78 is 0. The van der Waals surface area contributed by atoms with Crippen LogP contribution in [0.25, 0.3) is 10.9 Å². The van der Waals surface area contributed by atoms with Gasteiger partial charge in [0.25, 0.3) is 0 Å². The molecular weight excluding hydrogens is 208 g/mol. The van der Waals surface area contributed by atoms with Gasteiger partial charge in [0, 0.05) is 17.3 Å². The van der Waals surface area contributed by atoms with Crippen LogP contribution in [0.4, 0.5) is 0 Å². The predicted octanol–water partition coefficient (Wildman–Crippen LogP) is 2.44. The molecule has 0 aliphatic heterocycles. The van der Waals surface area contributed by atoms with Crippen molar-refractivity contribution < 1.29 is 5.32 Å². The van der Waals surface area contributed by atoms with Crippen molar-refractivity contribution in [3.8, 4) is 0 Å². The minimum absolute atomic E-state index is 0.649. The Labute approximate surface area is 102 Å². The van der Waals surface area contributed by atoms with Crippen LogP contribution in [0.2, 0.25) is 0 Å². The van der Waals surface area contributed by atoms with Crippen LogP contribution >= 0.6 is 0 Å². The van der Waals surface area contributed by atoms with Gasteiger partial charge in [-0.05, 0) is 44.4 Å². The highest BCUT2D eigenvalue weighted by molar-refractivity contribution is 5.85. The number of quaternary nitrogens is 1. The van der Waals surface area contributed by atoms with Crippen LogP contribution in [0, 0.1) is 6.92 Å². The number of fused-ring (bicyclic) bond motifs is 3. The van der Waals surface area contributed by atoms with E-state index in [-0.39, 0.29) is 0 Å². The maximum Gasteiger partial charge on any atom is 0.127 e. The third-order valence-electron chi connectivity index (χ3n) is 3.93. The molecule has 0 fully saturated rings. The van der Waals surface area contributed by atoms with Gasteiger partial charge in [-0.25, -0.2) is 0 Å². The first-order chi connectivity index (χ1) is 8.29. The van der Waals surface area contributed by atoms with Gasteiger partial charge in [0.2, 0.25) is 0 Å². The average molecular weight is 229 g/mol. The molecule has 90 valence electrons. The van der Waals surface area contributed by atoms with E-state index in [2.05, 4.69) is 42.3 Å². The van der Waals surface area contributed by atoms with Crippen LogP contribution in [0.1, 0.15) is 42.6 Å². The van der Waals surface area contributed by atoms with Crippen LogP contribution in [0.5, 0.6) is 0 Å². The van der Waals surface area contributed by atoms with Gasteiger partial charge in [-0.2, -0.15) is 0 Å². The van der Waals surface area contributed by atoms with Crippen molar-refractivity contribution in [2.24, 2.45) is 0 Å². The molecule has 1 atom stereocenters. The van der Waals surface area contributed by atoms with E-state index in [0.29, 0.717) is 6.04 Å². The summed E-state index contributed by atoms with van der Waals surface area (Å²) >= 11 is 0. The topological polar surface area (TPSA) is 32.4 Å². The highest BCUT2D eigenvalue weighted by Crippen LogP contribution is 2.33. The summed E-state index contributed by atoms with van der Waals surface area (Å²) in [5.41, 5.74) is 5.74. The molecule has 1 aromatic carbocycles. The molecule has 0 amide bonds. The van der Waals surface area contributed by atoms with Gasteiger partial charge < -0.3 is 10.3 Å². The lowest BCUT2D eigenvalue weighted by molar-refractivity contribution is -0.695. The average Bonchev–Trinajstić information content (AvgIpc) is 2.69. The van der Waals surface area contributed by atoms with Gasteiger partial charge in [0.05, 0.1) is 12.2 Å². The molecule has 0 spiro atoms. The molecule has 3 rings (SSSR count). The molecular formula is C15H21N2+. The zero-order valence-electron chi connectivity index (χ0n) is 10.7. The van der Waals surface area contributed by atoms with E-state index >= 15 is 0 Å². The number of aromatic nitrogens is 1. The van der Waals surface area contributed by atoms with E-state index in [4.69, 9.17) is 0 Å². The van der Waals surface area contributed by atoms with E-state index in [1.807, 2.05) is 0 Å². The van der Waals surface area contributed by atoms with Gasteiger partial charge in [-0.3, -0.25) is 0 Å². The Morgan fingerprint density at radius 1 is 1.41 bits per heavy atom. The molecule has 2 nitrogen and oxygen atoms in total. The molecule has 1 aliphatic rings. The molecule has 1 unspecified atom stereocenters. The van der Waals surface area contributed by atoms with Gasteiger partial charge in [0.1, 0.15) is 6.04 Å². The largest absolute Gasteiger partial charge is 0.353 e. The highest BCUT2D eigenvalue weighted by atomic mass is 14.9. The second kappa shape index (κ2) is 4.19. The van der Waals surface area contributed by atoms with E-state index < -0.39 is 0 Å². The lowest BCUT2D eigenvalue weighted by Gasteiger charge is -2.20. The molecule has 2 aromatic rings. The van der Waals surface area contributed by atoms with Crippen LogP contribution in [-0.4, -0.2) is 11.5 Å². The molecule has 17 heavy (non-hydrogen) atoms. The Hall–Kier alpha value is -1.28. The predicted molar refractivity (Wildman–Crippen MR) is 71.2 cm³/mol. The first-order valence-corrected chi connectivity index (χ1v) is 6.74. The van der Waals surface area contributed by atoms with Crippen LogP contribution in [0.15, 0.2) is 18.2 Å². The van der Waals surface area contributed by atoms with Crippen molar-refractivity contribution in [3.05, 3.63) is 35.0 Å². The van der Waals surface area contributed by atoms with E-state index in [1.165, 1.54) is 48.0 Å². The number of benzene rings is 1. The second-order valence-corrected chi connectivity index (χ2v) is 5.21. The number of nitrogens with one attached hydrogen (secondary N) is 1. The van der Waals surface area contributed by atoms with Crippen molar-refractivity contribution >= 4 is 10.9 Å².